The van der Waals surface area contributed by atoms with Crippen molar-refractivity contribution >= 4 is 22.3 Å². The summed E-state index contributed by atoms with van der Waals surface area (Å²) in [5, 5.41) is 9.60. The van der Waals surface area contributed by atoms with Crippen molar-refractivity contribution in [3.63, 3.8) is 0 Å². The fourth-order valence-electron chi connectivity index (χ4n) is 3.75. The Morgan fingerprint density at radius 1 is 0.923 bits per heavy atom. The van der Waals surface area contributed by atoms with Gasteiger partial charge in [0.15, 0.2) is 0 Å². The Labute approximate surface area is 151 Å². The van der Waals surface area contributed by atoms with Crippen molar-refractivity contribution in [2.75, 3.05) is 17.3 Å². The molecule has 0 amide bonds. The van der Waals surface area contributed by atoms with Gasteiger partial charge < -0.3 is 10.2 Å². The SMILES string of the molecule is CN1c2ccccc2NC1c1nn(C)c2cc(-c3ccncc3)ccc12. The molecule has 0 aliphatic carbocycles. The monoisotopic (exact) mass is 341 g/mol. The van der Waals surface area contributed by atoms with Crippen LogP contribution in [0.3, 0.4) is 0 Å². The standard InChI is InChI=1S/C21H19N5/c1-25-18-6-4-3-5-17(18)23-21(25)20-16-8-7-15(13-19(16)26(2)24-20)14-9-11-22-12-10-14/h3-13,21,23H,1-2H3. The van der Waals surface area contributed by atoms with Gasteiger partial charge in [0.25, 0.3) is 0 Å². The van der Waals surface area contributed by atoms with E-state index >= 15 is 0 Å². The largest absolute Gasteiger partial charge is 0.358 e. The molecule has 0 saturated heterocycles. The lowest BCUT2D eigenvalue weighted by Gasteiger charge is -2.20. The molecular weight excluding hydrogens is 322 g/mol. The molecule has 0 spiro atoms. The maximum absolute atomic E-state index is 4.84. The Morgan fingerprint density at radius 3 is 2.54 bits per heavy atom. The molecule has 0 bridgehead atoms. The molecule has 4 aromatic rings. The highest BCUT2D eigenvalue weighted by atomic mass is 15.4. The molecule has 128 valence electrons. The van der Waals surface area contributed by atoms with E-state index in [9.17, 15) is 0 Å². The Bertz CT molecular complexity index is 1100. The summed E-state index contributed by atoms with van der Waals surface area (Å²) in [5.74, 6) is 0. The summed E-state index contributed by atoms with van der Waals surface area (Å²) in [6.45, 7) is 0. The molecule has 3 heterocycles. The van der Waals surface area contributed by atoms with Gasteiger partial charge >= 0.3 is 0 Å². The lowest BCUT2D eigenvalue weighted by atomic mass is 10.0. The Kier molecular flexibility index (Phi) is 3.22. The summed E-state index contributed by atoms with van der Waals surface area (Å²) in [4.78, 5) is 6.35. The molecule has 1 unspecified atom stereocenters. The summed E-state index contributed by atoms with van der Waals surface area (Å²) >= 11 is 0. The third-order valence-corrected chi connectivity index (χ3v) is 5.12. The zero-order valence-corrected chi connectivity index (χ0v) is 14.7. The molecule has 5 nitrogen and oxygen atoms in total. The molecule has 1 aliphatic rings. The summed E-state index contributed by atoms with van der Waals surface area (Å²) in [5.41, 5.74) is 6.85. The van der Waals surface area contributed by atoms with Gasteiger partial charge in [-0.3, -0.25) is 9.67 Å². The number of aromatic nitrogens is 3. The Hall–Kier alpha value is -3.34. The van der Waals surface area contributed by atoms with Gasteiger partial charge in [0, 0.05) is 31.9 Å². The number of anilines is 2. The molecule has 1 atom stereocenters. The fraction of sp³-hybridized carbons (Fsp3) is 0.143. The zero-order valence-electron chi connectivity index (χ0n) is 14.7. The first-order valence-electron chi connectivity index (χ1n) is 8.68. The van der Waals surface area contributed by atoms with Gasteiger partial charge in [-0.15, -0.1) is 0 Å². The molecule has 0 fully saturated rings. The molecule has 2 aromatic carbocycles. The summed E-state index contributed by atoms with van der Waals surface area (Å²) in [6, 6.07) is 19.0. The number of hydrogen-bond donors (Lipinski definition) is 1. The number of rotatable bonds is 2. The minimum Gasteiger partial charge on any atom is -0.358 e. The van der Waals surface area contributed by atoms with Crippen LogP contribution in [0.15, 0.2) is 67.0 Å². The van der Waals surface area contributed by atoms with Gasteiger partial charge in [-0.05, 0) is 41.5 Å². The molecular formula is C21H19N5. The maximum atomic E-state index is 4.84. The molecule has 0 saturated carbocycles. The van der Waals surface area contributed by atoms with E-state index in [4.69, 9.17) is 5.10 Å². The highest BCUT2D eigenvalue weighted by Gasteiger charge is 2.30. The number of benzene rings is 2. The van der Waals surface area contributed by atoms with E-state index in [0.717, 1.165) is 22.5 Å². The maximum Gasteiger partial charge on any atom is 0.145 e. The predicted octanol–water partition coefficient (Wildman–Crippen LogP) is 4.20. The first kappa shape index (κ1) is 15.0. The van der Waals surface area contributed by atoms with Crippen molar-refractivity contribution in [1.82, 2.24) is 14.8 Å². The number of pyridine rings is 1. The Balaban J connectivity index is 1.60. The van der Waals surface area contributed by atoms with Crippen molar-refractivity contribution in [3.8, 4) is 11.1 Å². The van der Waals surface area contributed by atoms with E-state index in [0.29, 0.717) is 0 Å². The normalized spacial score (nSPS) is 15.9. The average Bonchev–Trinajstić information content (AvgIpc) is 3.20. The number of aryl methyl sites for hydroxylation is 1. The van der Waals surface area contributed by atoms with Crippen LogP contribution in [0.25, 0.3) is 22.0 Å². The lowest BCUT2D eigenvalue weighted by molar-refractivity contribution is 0.706. The van der Waals surface area contributed by atoms with E-state index in [1.165, 1.54) is 16.6 Å². The van der Waals surface area contributed by atoms with Crippen LogP contribution < -0.4 is 10.2 Å². The number of nitrogens with one attached hydrogen (secondary N) is 1. The number of hydrogen-bond acceptors (Lipinski definition) is 4. The van der Waals surface area contributed by atoms with Gasteiger partial charge in [-0.2, -0.15) is 5.10 Å². The van der Waals surface area contributed by atoms with Crippen LogP contribution in [0.5, 0.6) is 0 Å². The number of fused-ring (bicyclic) bond motifs is 2. The molecule has 0 radical (unpaired) electrons. The van der Waals surface area contributed by atoms with Crippen molar-refractivity contribution in [2.45, 2.75) is 6.17 Å². The predicted molar refractivity (Wildman–Crippen MR) is 105 cm³/mol. The minimum atomic E-state index is 0.0304. The van der Waals surface area contributed by atoms with Crippen LogP contribution in [0.2, 0.25) is 0 Å². The molecule has 2 aromatic heterocycles. The van der Waals surface area contributed by atoms with Crippen LogP contribution in [0.1, 0.15) is 11.9 Å². The number of nitrogens with zero attached hydrogens (tertiary/aromatic N) is 4. The second kappa shape index (κ2) is 5.59. The van der Waals surface area contributed by atoms with Gasteiger partial charge in [-0.1, -0.05) is 24.3 Å². The average molecular weight is 341 g/mol. The lowest BCUT2D eigenvalue weighted by Crippen LogP contribution is -2.24. The van der Waals surface area contributed by atoms with Gasteiger partial charge in [0.2, 0.25) is 0 Å². The molecule has 5 rings (SSSR count). The highest BCUT2D eigenvalue weighted by Crippen LogP contribution is 2.41. The van der Waals surface area contributed by atoms with Crippen molar-refractivity contribution in [1.29, 1.82) is 0 Å². The van der Waals surface area contributed by atoms with Crippen LogP contribution in [-0.4, -0.2) is 21.8 Å². The van der Waals surface area contributed by atoms with Gasteiger partial charge in [0.1, 0.15) is 11.9 Å². The van der Waals surface area contributed by atoms with E-state index in [1.54, 1.807) is 0 Å². The topological polar surface area (TPSA) is 46.0 Å². The second-order valence-corrected chi connectivity index (χ2v) is 6.65. The van der Waals surface area contributed by atoms with Gasteiger partial charge in [-0.25, -0.2) is 0 Å². The smallest absolute Gasteiger partial charge is 0.145 e. The van der Waals surface area contributed by atoms with Crippen molar-refractivity contribution in [3.05, 3.63) is 72.7 Å². The third kappa shape index (κ3) is 2.17. The first-order chi connectivity index (χ1) is 12.7. The zero-order chi connectivity index (χ0) is 17.7. The minimum absolute atomic E-state index is 0.0304. The van der Waals surface area contributed by atoms with Crippen molar-refractivity contribution < 1.29 is 0 Å². The van der Waals surface area contributed by atoms with Gasteiger partial charge in [0.05, 0.1) is 16.9 Å². The van der Waals surface area contributed by atoms with Crippen LogP contribution in [0.4, 0.5) is 11.4 Å². The van der Waals surface area contributed by atoms with Crippen molar-refractivity contribution in [2.24, 2.45) is 7.05 Å². The summed E-state index contributed by atoms with van der Waals surface area (Å²) in [7, 11) is 4.11. The fourth-order valence-corrected chi connectivity index (χ4v) is 3.75. The van der Waals surface area contributed by atoms with Crippen LogP contribution in [-0.2, 0) is 7.05 Å². The first-order valence-corrected chi connectivity index (χ1v) is 8.68. The molecule has 5 heteroatoms. The molecule has 1 aliphatic heterocycles. The summed E-state index contributed by atoms with van der Waals surface area (Å²) in [6.07, 6.45) is 3.67. The van der Waals surface area contributed by atoms with E-state index < -0.39 is 0 Å². The van der Waals surface area contributed by atoms with E-state index in [-0.39, 0.29) is 6.17 Å². The highest BCUT2D eigenvalue weighted by molar-refractivity contribution is 5.89. The summed E-state index contributed by atoms with van der Waals surface area (Å²) < 4.78 is 1.97. The molecule has 1 N–H and O–H groups in total. The van der Waals surface area contributed by atoms with E-state index in [2.05, 4.69) is 64.7 Å². The number of para-hydroxylation sites is 2. The molecule has 26 heavy (non-hydrogen) atoms. The van der Waals surface area contributed by atoms with E-state index in [1.807, 2.05) is 36.3 Å². The van der Waals surface area contributed by atoms with Crippen LogP contribution >= 0.6 is 0 Å². The van der Waals surface area contributed by atoms with Crippen LogP contribution in [0, 0.1) is 0 Å². The quantitative estimate of drug-likeness (QED) is 0.594. The Morgan fingerprint density at radius 2 is 1.73 bits per heavy atom. The third-order valence-electron chi connectivity index (χ3n) is 5.12. The second-order valence-electron chi connectivity index (χ2n) is 6.65.